The van der Waals surface area contributed by atoms with Gasteiger partial charge in [-0.25, -0.2) is 0 Å². The quantitative estimate of drug-likeness (QED) is 0.340. The van der Waals surface area contributed by atoms with E-state index in [4.69, 9.17) is 0 Å². The van der Waals surface area contributed by atoms with Crippen LogP contribution in [0.15, 0.2) is 94.9 Å². The second-order valence-corrected chi connectivity index (χ2v) is 7.21. The minimum absolute atomic E-state index is 1.17. The van der Waals surface area contributed by atoms with Gasteiger partial charge in [-0.1, -0.05) is 85.0 Å². The van der Waals surface area contributed by atoms with Crippen LogP contribution < -0.4 is 0 Å². The Morgan fingerprint density at radius 1 is 0.645 bits per heavy atom. The van der Waals surface area contributed by atoms with Crippen molar-refractivity contribution >= 4 is 12.2 Å². The zero-order valence-electron chi connectivity index (χ0n) is 19.9. The summed E-state index contributed by atoms with van der Waals surface area (Å²) in [5.74, 6) is 0. The zero-order chi connectivity index (χ0) is 23.6. The average Bonchev–Trinajstić information content (AvgIpc) is 3.26. The first-order valence-electron chi connectivity index (χ1n) is 10.0. The molecule has 2 aromatic carbocycles. The van der Waals surface area contributed by atoms with Crippen molar-refractivity contribution in [3.63, 3.8) is 0 Å². The maximum atomic E-state index is 3.50. The molecule has 0 spiro atoms. The van der Waals surface area contributed by atoms with Crippen molar-refractivity contribution < 1.29 is 20.4 Å². The molecule has 2 aromatic rings. The monoisotopic (exact) mass is 451 g/mol. The van der Waals surface area contributed by atoms with Crippen LogP contribution in [-0.4, -0.2) is 42.3 Å². The molecule has 0 aromatic heterocycles. The standard InChI is InChI=1S/C16H14.C5H5.3C2H6N.Ti/c1-3-9-15(10-4-1)13-7-8-14-16-11-5-2-6-12-16;1-2-4-5-3-1;3*1-3-2;/h1-14H;1-3H,4H2;3*1-2H3;/q;;3*-1;+3. The number of hydrogen-bond acceptors (Lipinski definition) is 0. The van der Waals surface area contributed by atoms with E-state index >= 15 is 0 Å². The Balaban J connectivity index is 0. The van der Waals surface area contributed by atoms with Crippen LogP contribution >= 0.6 is 0 Å². The molecule has 4 heteroatoms. The molecule has 1 aliphatic carbocycles. The predicted molar refractivity (Wildman–Crippen MR) is 138 cm³/mol. The molecular weight excluding hydrogens is 414 g/mol. The number of nitrogens with zero attached hydrogens (tertiary/aromatic N) is 3. The van der Waals surface area contributed by atoms with Gasteiger partial charge < -0.3 is 16.0 Å². The molecule has 3 rings (SSSR count). The molecule has 164 valence electrons. The summed E-state index contributed by atoms with van der Waals surface area (Å²) in [7, 11) is 10.5. The van der Waals surface area contributed by atoms with Crippen molar-refractivity contribution in [2.75, 3.05) is 42.3 Å². The molecule has 0 fully saturated rings. The van der Waals surface area contributed by atoms with Gasteiger partial charge in [0.25, 0.3) is 0 Å². The molecule has 0 N–H and O–H groups in total. The second kappa shape index (κ2) is 26.0. The topological polar surface area (TPSA) is 42.3 Å². The number of rotatable bonds is 3. The Hall–Kier alpha value is -2.01. The van der Waals surface area contributed by atoms with Gasteiger partial charge in [0.05, 0.1) is 0 Å². The summed E-state index contributed by atoms with van der Waals surface area (Å²) in [5, 5.41) is 10.5. The molecule has 0 bridgehead atoms. The minimum atomic E-state index is 1.17. The van der Waals surface area contributed by atoms with Crippen molar-refractivity contribution in [3.05, 3.63) is 122 Å². The molecule has 0 saturated carbocycles. The van der Waals surface area contributed by atoms with E-state index in [9.17, 15) is 0 Å². The van der Waals surface area contributed by atoms with Crippen LogP contribution in [0.4, 0.5) is 0 Å². The normalized spacial score (nSPS) is 11.2. The van der Waals surface area contributed by atoms with Crippen molar-refractivity contribution in [1.29, 1.82) is 0 Å². The number of hydrogen-bond donors (Lipinski definition) is 0. The van der Waals surface area contributed by atoms with E-state index in [0.717, 1.165) is 0 Å². The summed E-state index contributed by atoms with van der Waals surface area (Å²) < 4.78 is 1.47. The Labute approximate surface area is 202 Å². The first-order chi connectivity index (χ1) is 15.1. The average molecular weight is 451 g/mol. The molecule has 0 heterocycles. The van der Waals surface area contributed by atoms with Gasteiger partial charge in [0.2, 0.25) is 0 Å². The molecule has 0 saturated heterocycles. The summed E-state index contributed by atoms with van der Waals surface area (Å²) in [4.78, 5) is 0. The van der Waals surface area contributed by atoms with Crippen molar-refractivity contribution in [3.8, 4) is 0 Å². The fourth-order valence-corrected chi connectivity index (χ4v) is 2.24. The van der Waals surface area contributed by atoms with Crippen LogP contribution in [-0.2, 0) is 20.4 Å². The van der Waals surface area contributed by atoms with Gasteiger partial charge in [0.15, 0.2) is 0 Å². The predicted octanol–water partition coefficient (Wildman–Crippen LogP) is 7.65. The van der Waals surface area contributed by atoms with Gasteiger partial charge >= 0.3 is 49.0 Å². The van der Waals surface area contributed by atoms with E-state index in [1.807, 2.05) is 36.4 Å². The summed E-state index contributed by atoms with van der Waals surface area (Å²) in [6.07, 6.45) is 15.9. The first-order valence-corrected chi connectivity index (χ1v) is 10.8. The van der Waals surface area contributed by atoms with Crippen LogP contribution in [0.25, 0.3) is 28.1 Å². The van der Waals surface area contributed by atoms with E-state index in [1.165, 1.54) is 21.4 Å². The van der Waals surface area contributed by atoms with Gasteiger partial charge in [-0.05, 0) is 11.1 Å². The van der Waals surface area contributed by atoms with Crippen LogP contribution in [0.5, 0.6) is 0 Å². The molecule has 0 atom stereocenters. The van der Waals surface area contributed by atoms with Gasteiger partial charge in [-0.3, -0.25) is 0 Å². The van der Waals surface area contributed by atoms with Crippen LogP contribution in [0.2, 0.25) is 0 Å². The zero-order valence-corrected chi connectivity index (χ0v) is 21.4. The van der Waals surface area contributed by atoms with Crippen molar-refractivity contribution in [2.45, 2.75) is 6.42 Å². The summed E-state index contributed by atoms with van der Waals surface area (Å²) in [5.41, 5.74) is 2.44. The number of allylic oxidation sites excluding steroid dienone is 6. The summed E-state index contributed by atoms with van der Waals surface area (Å²) in [6.45, 7) is 0. The Bertz CT molecular complexity index is 668. The van der Waals surface area contributed by atoms with Crippen LogP contribution in [0, 0.1) is 0 Å². The summed E-state index contributed by atoms with van der Waals surface area (Å²) in [6, 6.07) is 20.6. The Morgan fingerprint density at radius 3 is 1.23 bits per heavy atom. The third-order valence-corrected chi connectivity index (χ3v) is 3.64. The molecule has 1 aliphatic rings. The molecule has 3 nitrogen and oxygen atoms in total. The third-order valence-electron chi connectivity index (χ3n) is 3.06. The van der Waals surface area contributed by atoms with Gasteiger partial charge in [0, 0.05) is 0 Å². The molecule has 0 aliphatic heterocycles. The fourth-order valence-electron chi connectivity index (χ4n) is 1.91. The van der Waals surface area contributed by atoms with Crippen LogP contribution in [0.3, 0.4) is 0 Å². The Morgan fingerprint density at radius 2 is 1.00 bits per heavy atom. The van der Waals surface area contributed by atoms with Gasteiger partial charge in [-0.2, -0.15) is 42.3 Å². The van der Waals surface area contributed by atoms with E-state index < -0.39 is 0 Å². The van der Waals surface area contributed by atoms with E-state index in [2.05, 4.69) is 103 Å². The maximum absolute atomic E-state index is 3.50. The van der Waals surface area contributed by atoms with E-state index in [-0.39, 0.29) is 0 Å². The Kier molecular flexibility index (Phi) is 26.2. The second-order valence-electron chi connectivity index (χ2n) is 6.21. The molecule has 31 heavy (non-hydrogen) atoms. The molecule has 0 radical (unpaired) electrons. The molecule has 0 amide bonds. The molecular formula is C27H37N3Ti. The first kappa shape index (κ1) is 31.2. The molecule has 0 unspecified atom stereocenters. The van der Waals surface area contributed by atoms with E-state index in [0.29, 0.717) is 0 Å². The summed E-state index contributed by atoms with van der Waals surface area (Å²) >= 11 is 2.14. The number of benzene rings is 2. The third kappa shape index (κ3) is 24.1. The van der Waals surface area contributed by atoms with Gasteiger partial charge in [-0.15, -0.1) is 0 Å². The van der Waals surface area contributed by atoms with E-state index in [1.54, 1.807) is 42.3 Å². The SMILES string of the molecule is C(C=Cc1ccccc1)=Cc1ccccc1.C[N-]C.C[N-]C.C[N-]C.[Ti+3][C]1=CC=CC1. The van der Waals surface area contributed by atoms with Crippen LogP contribution in [0.1, 0.15) is 17.5 Å². The van der Waals surface area contributed by atoms with Gasteiger partial charge in [0.1, 0.15) is 0 Å². The van der Waals surface area contributed by atoms with Crippen molar-refractivity contribution in [2.24, 2.45) is 0 Å². The fraction of sp³-hybridized carbons (Fsp3) is 0.259. The van der Waals surface area contributed by atoms with Crippen molar-refractivity contribution in [1.82, 2.24) is 0 Å².